The van der Waals surface area contributed by atoms with Crippen LogP contribution in [0.15, 0.2) is 55.1 Å². The van der Waals surface area contributed by atoms with Crippen molar-refractivity contribution in [2.75, 3.05) is 26.5 Å². The Morgan fingerprint density at radius 1 is 0.800 bits per heavy atom. The normalized spacial score (nSPS) is 9.74. The number of alkyl halides is 1. The monoisotopic (exact) mass is 486 g/mol. The molecule has 0 aliphatic carbocycles. The van der Waals surface area contributed by atoms with E-state index in [2.05, 4.69) is 69.0 Å². The number of aryl methyl sites for hydroxylation is 2. The molecule has 0 heterocycles. The van der Waals surface area contributed by atoms with Gasteiger partial charge in [-0.3, -0.25) is 0 Å². The van der Waals surface area contributed by atoms with Gasteiger partial charge in [-0.05, 0) is 67.5 Å². The van der Waals surface area contributed by atoms with E-state index in [0.717, 1.165) is 48.1 Å². The van der Waals surface area contributed by atoms with Crippen LogP contribution in [0.3, 0.4) is 0 Å². The van der Waals surface area contributed by atoms with E-state index in [0.29, 0.717) is 13.2 Å². The van der Waals surface area contributed by atoms with Crippen molar-refractivity contribution in [3.05, 3.63) is 77.4 Å². The Hall–Kier alpha value is -2.39. The molecule has 2 aromatic rings. The Labute approximate surface area is 216 Å². The van der Waals surface area contributed by atoms with Gasteiger partial charge in [-0.25, -0.2) is 4.39 Å². The minimum absolute atomic E-state index is 0.214. The van der Waals surface area contributed by atoms with Gasteiger partial charge >= 0.3 is 0 Å². The fraction of sp³-hybridized carbons (Fsp3) is 0.500. The molecule has 0 bridgehead atoms. The molecule has 0 unspecified atom stereocenters. The zero-order valence-electron chi connectivity index (χ0n) is 23.8. The lowest BCUT2D eigenvalue weighted by atomic mass is 10.0. The van der Waals surface area contributed by atoms with Crippen LogP contribution in [0.1, 0.15) is 89.5 Å². The zero-order valence-corrected chi connectivity index (χ0v) is 23.8. The van der Waals surface area contributed by atoms with Gasteiger partial charge in [0.25, 0.3) is 0 Å². The van der Waals surface area contributed by atoms with Gasteiger partial charge in [0.15, 0.2) is 0 Å². The minimum Gasteiger partial charge on any atom is -0.494 e. The number of hydrogen-bond donors (Lipinski definition) is 0. The molecule has 2 nitrogen and oxygen atoms in total. The number of benzene rings is 2. The maximum atomic E-state index is 11.9. The highest BCUT2D eigenvalue weighted by molar-refractivity contribution is 5.78. The van der Waals surface area contributed by atoms with E-state index in [9.17, 15) is 4.39 Å². The summed E-state index contributed by atoms with van der Waals surface area (Å²) >= 11 is 0. The van der Waals surface area contributed by atoms with E-state index >= 15 is 0 Å². The Morgan fingerprint density at radius 3 is 2.00 bits per heavy atom. The van der Waals surface area contributed by atoms with Gasteiger partial charge in [-0.15, -0.1) is 0 Å². The van der Waals surface area contributed by atoms with Crippen LogP contribution in [-0.2, 0) is 4.74 Å². The van der Waals surface area contributed by atoms with Crippen LogP contribution < -0.4 is 4.74 Å². The maximum Gasteiger partial charge on any atom is 0.119 e. The van der Waals surface area contributed by atoms with E-state index in [1.165, 1.54) is 11.1 Å². The summed E-state index contributed by atoms with van der Waals surface area (Å²) in [6.45, 7) is 21.5. The lowest BCUT2D eigenvalue weighted by molar-refractivity contribution is 0.115. The summed E-state index contributed by atoms with van der Waals surface area (Å²) in [7, 11) is 0. The van der Waals surface area contributed by atoms with E-state index in [1.807, 2.05) is 47.6 Å². The molecule has 0 atom stereocenters. The van der Waals surface area contributed by atoms with Gasteiger partial charge in [-0.2, -0.15) is 0 Å². The summed E-state index contributed by atoms with van der Waals surface area (Å²) in [5, 5.41) is 0. The van der Waals surface area contributed by atoms with Crippen molar-refractivity contribution in [2.45, 2.75) is 81.1 Å². The van der Waals surface area contributed by atoms with Crippen LogP contribution in [0.2, 0.25) is 0 Å². The lowest BCUT2D eigenvalue weighted by Crippen LogP contribution is -2.00. The summed E-state index contributed by atoms with van der Waals surface area (Å²) < 4.78 is 23.0. The molecule has 198 valence electrons. The van der Waals surface area contributed by atoms with Crippen molar-refractivity contribution in [3.63, 3.8) is 0 Å². The maximum absolute atomic E-state index is 11.9. The minimum atomic E-state index is -0.401. The Balaban J connectivity index is 0. The number of unbranched alkanes of at least 4 members (excludes halogenated alkanes) is 3. The molecule has 0 aliphatic heterocycles. The van der Waals surface area contributed by atoms with Gasteiger partial charge in [0.2, 0.25) is 0 Å². The average molecular weight is 487 g/mol. The van der Waals surface area contributed by atoms with Gasteiger partial charge < -0.3 is 9.47 Å². The molecule has 0 N–H and O–H groups in total. The second kappa shape index (κ2) is 24.7. The standard InChI is InChI=1S/C26H33FO2.3C2H6/c1-21-8-12-24(13-9-21)22(2)10-14-25-20-26(15-11-23(25)3)29-18-7-5-4-6-17-28-19-16-27;3*1-2/h8-15,20H,2,4-7,16-19H2,1,3H3;3*1-2H3/b14-10-;;;. The van der Waals surface area contributed by atoms with Gasteiger partial charge in [0.1, 0.15) is 12.4 Å². The number of halogens is 1. The molecule has 35 heavy (non-hydrogen) atoms. The van der Waals surface area contributed by atoms with Crippen LogP contribution in [0.25, 0.3) is 11.6 Å². The first-order valence-electron chi connectivity index (χ1n) is 13.4. The third kappa shape index (κ3) is 16.8. The van der Waals surface area contributed by atoms with Crippen molar-refractivity contribution in [1.29, 1.82) is 0 Å². The molecule has 0 spiro atoms. The topological polar surface area (TPSA) is 18.5 Å². The summed E-state index contributed by atoms with van der Waals surface area (Å²) in [4.78, 5) is 0. The molecule has 0 aromatic heterocycles. The SMILES string of the molecule is C=C(/C=C\c1cc(OCCCCCCOCCF)ccc1C)c1ccc(C)cc1.CC.CC.CC. The molecule has 0 aliphatic rings. The molecule has 0 fully saturated rings. The molecule has 2 rings (SSSR count). The molecular weight excluding hydrogens is 435 g/mol. The zero-order chi connectivity index (χ0) is 26.9. The fourth-order valence-electron chi connectivity index (χ4n) is 2.95. The second-order valence-corrected chi connectivity index (χ2v) is 7.31. The van der Waals surface area contributed by atoms with Crippen LogP contribution >= 0.6 is 0 Å². The quantitative estimate of drug-likeness (QED) is 0.207. The largest absolute Gasteiger partial charge is 0.494 e. The summed E-state index contributed by atoms with van der Waals surface area (Å²) in [6.07, 6.45) is 8.31. The predicted octanol–water partition coefficient (Wildman–Crippen LogP) is 10.0. The van der Waals surface area contributed by atoms with E-state index in [1.54, 1.807) is 0 Å². The highest BCUT2D eigenvalue weighted by atomic mass is 19.1. The third-order valence-corrected chi connectivity index (χ3v) is 4.81. The third-order valence-electron chi connectivity index (χ3n) is 4.81. The van der Waals surface area contributed by atoms with Crippen molar-refractivity contribution >= 4 is 11.6 Å². The molecule has 0 saturated heterocycles. The highest BCUT2D eigenvalue weighted by Gasteiger charge is 2.01. The predicted molar refractivity (Wildman–Crippen MR) is 155 cm³/mol. The van der Waals surface area contributed by atoms with Crippen LogP contribution in [-0.4, -0.2) is 26.5 Å². The Morgan fingerprint density at radius 2 is 1.40 bits per heavy atom. The van der Waals surface area contributed by atoms with Crippen molar-refractivity contribution in [2.24, 2.45) is 0 Å². The van der Waals surface area contributed by atoms with Crippen molar-refractivity contribution in [3.8, 4) is 5.75 Å². The van der Waals surface area contributed by atoms with E-state index in [4.69, 9.17) is 9.47 Å². The van der Waals surface area contributed by atoms with Crippen molar-refractivity contribution < 1.29 is 13.9 Å². The van der Waals surface area contributed by atoms with Gasteiger partial charge in [-0.1, -0.05) is 103 Å². The van der Waals surface area contributed by atoms with Crippen LogP contribution in [0, 0.1) is 13.8 Å². The second-order valence-electron chi connectivity index (χ2n) is 7.31. The van der Waals surface area contributed by atoms with Gasteiger partial charge in [0, 0.05) is 6.61 Å². The number of ether oxygens (including phenoxy) is 2. The smallest absolute Gasteiger partial charge is 0.119 e. The molecule has 0 amide bonds. The number of hydrogen-bond acceptors (Lipinski definition) is 2. The highest BCUT2D eigenvalue weighted by Crippen LogP contribution is 2.22. The number of rotatable bonds is 13. The lowest BCUT2D eigenvalue weighted by Gasteiger charge is -2.09. The van der Waals surface area contributed by atoms with Crippen LogP contribution in [0.4, 0.5) is 4.39 Å². The first-order valence-corrected chi connectivity index (χ1v) is 13.4. The van der Waals surface area contributed by atoms with Crippen LogP contribution in [0.5, 0.6) is 5.75 Å². The van der Waals surface area contributed by atoms with E-state index < -0.39 is 6.67 Å². The first-order chi connectivity index (χ1) is 17.1. The number of allylic oxidation sites excluding steroid dienone is 2. The molecule has 2 aromatic carbocycles. The summed E-state index contributed by atoms with van der Waals surface area (Å²) in [5.41, 5.74) is 5.72. The molecule has 3 heteroatoms. The summed E-state index contributed by atoms with van der Waals surface area (Å²) in [5.74, 6) is 0.891. The van der Waals surface area contributed by atoms with Crippen molar-refractivity contribution in [1.82, 2.24) is 0 Å². The van der Waals surface area contributed by atoms with E-state index in [-0.39, 0.29) is 6.61 Å². The molecular formula is C32H51FO2. The van der Waals surface area contributed by atoms with Gasteiger partial charge in [0.05, 0.1) is 13.2 Å². The average Bonchev–Trinajstić information content (AvgIpc) is 2.91. The fourth-order valence-corrected chi connectivity index (χ4v) is 2.95. The molecule has 0 saturated carbocycles. The first kappa shape index (κ1) is 34.8. The summed E-state index contributed by atoms with van der Waals surface area (Å²) in [6, 6.07) is 14.6. The molecule has 0 radical (unpaired) electrons. The Bertz CT molecular complexity index is 779. The Kier molecular flexibility index (Phi) is 24.6.